The van der Waals surface area contributed by atoms with E-state index in [1.165, 1.54) is 6.92 Å². The van der Waals surface area contributed by atoms with Crippen LogP contribution in [0, 0.1) is 5.92 Å². The number of aliphatic hydroxyl groups is 1. The van der Waals surface area contributed by atoms with Crippen LogP contribution in [0.25, 0.3) is 0 Å². The molecule has 0 bridgehead atoms. The molecule has 0 saturated carbocycles. The average molecular weight is 908 g/mol. The standard InChI is InChI=1S/C48H73N7O10/c1-4-32(2)42(46(62)53-36(44(49)60)29-34-23-17-15-18-24-34)55-47(63)43(33(3)56)54-40(58)28-22-14-12-10-8-6-5-7-9-11-13-21-27-39(57)51-37(45(50)61)31-41(59)52-38(48(64)65)30-35-25-19-16-20-26-35/h15-20,23-26,32-33,36-38,42-43,56H,4-14,21-22,27-31H2,1-3H3,(H2,49,60)(H2,50,61)(H,51,57)(H,52,59)(H,53,62)(H,54,58)(H,55,63)(H,64,65)/t32?,33?,36-,37+,38-,42+,43-/m0/s1. The third-order valence-corrected chi connectivity index (χ3v) is 11.4. The number of nitrogens with one attached hydrogen (secondary N) is 5. The van der Waals surface area contributed by atoms with Crippen LogP contribution in [0.15, 0.2) is 60.7 Å². The van der Waals surface area contributed by atoms with Crippen molar-refractivity contribution < 1.29 is 48.6 Å². The van der Waals surface area contributed by atoms with Gasteiger partial charge in [-0.05, 0) is 36.8 Å². The van der Waals surface area contributed by atoms with Gasteiger partial charge in [0.05, 0.1) is 12.5 Å². The van der Waals surface area contributed by atoms with Crippen molar-refractivity contribution in [1.29, 1.82) is 0 Å². The highest BCUT2D eigenvalue weighted by molar-refractivity contribution is 5.95. The molecule has 7 atom stereocenters. The van der Waals surface area contributed by atoms with E-state index in [1.54, 1.807) is 37.3 Å². The van der Waals surface area contributed by atoms with Crippen molar-refractivity contribution in [3.8, 4) is 0 Å². The first kappa shape index (κ1) is 55.3. The molecule has 2 aromatic rings. The van der Waals surface area contributed by atoms with E-state index in [2.05, 4.69) is 26.6 Å². The molecule has 0 aliphatic carbocycles. The van der Waals surface area contributed by atoms with Crippen LogP contribution in [0.2, 0.25) is 0 Å². The number of hydrogen-bond donors (Lipinski definition) is 9. The lowest BCUT2D eigenvalue weighted by Crippen LogP contribution is -2.60. The summed E-state index contributed by atoms with van der Waals surface area (Å²) in [7, 11) is 0. The van der Waals surface area contributed by atoms with Crippen LogP contribution in [-0.2, 0) is 51.2 Å². The lowest BCUT2D eigenvalue weighted by atomic mass is 9.96. The second-order valence-electron chi connectivity index (χ2n) is 16.9. The molecule has 0 saturated heterocycles. The van der Waals surface area contributed by atoms with Crippen LogP contribution >= 0.6 is 0 Å². The van der Waals surface area contributed by atoms with Crippen molar-refractivity contribution in [1.82, 2.24) is 26.6 Å². The van der Waals surface area contributed by atoms with Crippen molar-refractivity contribution in [2.24, 2.45) is 17.4 Å². The number of benzene rings is 2. The summed E-state index contributed by atoms with van der Waals surface area (Å²) in [4.78, 5) is 100. The number of primary amides is 2. The number of nitrogens with two attached hydrogens (primary N) is 2. The Labute approximate surface area is 383 Å². The van der Waals surface area contributed by atoms with Crippen LogP contribution in [0.3, 0.4) is 0 Å². The van der Waals surface area contributed by atoms with Gasteiger partial charge in [-0.3, -0.25) is 33.6 Å². The summed E-state index contributed by atoms with van der Waals surface area (Å²) in [6.45, 7) is 5.03. The minimum atomic E-state index is -1.28. The van der Waals surface area contributed by atoms with Crippen molar-refractivity contribution in [2.75, 3.05) is 0 Å². The van der Waals surface area contributed by atoms with Gasteiger partial charge in [-0.1, -0.05) is 145 Å². The summed E-state index contributed by atoms with van der Waals surface area (Å²) in [5.74, 6) is -5.93. The van der Waals surface area contributed by atoms with E-state index in [0.717, 1.165) is 75.3 Å². The van der Waals surface area contributed by atoms with E-state index >= 15 is 0 Å². The normalized spacial score (nSPS) is 14.3. The smallest absolute Gasteiger partial charge is 0.326 e. The molecule has 2 rings (SSSR count). The fraction of sp³-hybridized carbons (Fsp3) is 0.583. The summed E-state index contributed by atoms with van der Waals surface area (Å²) >= 11 is 0. The maximum atomic E-state index is 13.4. The van der Waals surface area contributed by atoms with Gasteiger partial charge >= 0.3 is 5.97 Å². The van der Waals surface area contributed by atoms with Gasteiger partial charge in [0.2, 0.25) is 41.4 Å². The molecule has 360 valence electrons. The van der Waals surface area contributed by atoms with Gasteiger partial charge in [0.15, 0.2) is 0 Å². The summed E-state index contributed by atoms with van der Waals surface area (Å²) in [5, 5.41) is 32.8. The number of aliphatic carboxylic acids is 1. The molecular formula is C48H73N7O10. The molecule has 0 radical (unpaired) electrons. The molecule has 0 spiro atoms. The van der Waals surface area contributed by atoms with Gasteiger partial charge in [-0.15, -0.1) is 0 Å². The summed E-state index contributed by atoms with van der Waals surface area (Å²) in [5.41, 5.74) is 12.5. The Morgan fingerprint density at radius 3 is 1.32 bits per heavy atom. The number of amides is 7. The molecule has 0 aromatic heterocycles. The Morgan fingerprint density at radius 1 is 0.508 bits per heavy atom. The zero-order valence-corrected chi connectivity index (χ0v) is 38.4. The first-order valence-corrected chi connectivity index (χ1v) is 23.1. The highest BCUT2D eigenvalue weighted by Gasteiger charge is 2.33. The van der Waals surface area contributed by atoms with Gasteiger partial charge in [0, 0.05) is 25.7 Å². The van der Waals surface area contributed by atoms with Crippen molar-refractivity contribution in [2.45, 2.75) is 173 Å². The SMILES string of the molecule is CCC(C)[C@@H](NC(=O)[C@@H](NC(=O)CCCCCCCCCCCCCCC(=O)N[C@H](CC(=O)N[C@@H](Cc1ccccc1)C(=O)O)C(N)=O)C(C)O)C(=O)N[C@@H](Cc1ccccc1)C(N)=O. The molecule has 0 heterocycles. The number of aliphatic hydroxyl groups excluding tert-OH is 1. The van der Waals surface area contributed by atoms with Crippen LogP contribution in [0.5, 0.6) is 0 Å². The van der Waals surface area contributed by atoms with E-state index in [-0.39, 0.29) is 37.5 Å². The van der Waals surface area contributed by atoms with E-state index in [4.69, 9.17) is 11.5 Å². The molecule has 7 amide bonds. The largest absolute Gasteiger partial charge is 0.480 e. The molecule has 2 aromatic carbocycles. The molecule has 0 fully saturated rings. The minimum Gasteiger partial charge on any atom is -0.480 e. The molecule has 0 aliphatic rings. The first-order valence-electron chi connectivity index (χ1n) is 23.1. The van der Waals surface area contributed by atoms with Crippen LogP contribution in [0.4, 0.5) is 0 Å². The molecule has 11 N–H and O–H groups in total. The Balaban J connectivity index is 1.59. The summed E-state index contributed by atoms with van der Waals surface area (Å²) < 4.78 is 0. The fourth-order valence-corrected chi connectivity index (χ4v) is 7.25. The number of carboxylic acid groups (broad SMARTS) is 1. The maximum absolute atomic E-state index is 13.4. The monoisotopic (exact) mass is 908 g/mol. The van der Waals surface area contributed by atoms with E-state index < -0.39 is 84.1 Å². The molecule has 17 heteroatoms. The van der Waals surface area contributed by atoms with E-state index in [9.17, 15) is 48.6 Å². The Bertz CT molecular complexity index is 1800. The number of rotatable bonds is 34. The molecule has 2 unspecified atom stereocenters. The third kappa shape index (κ3) is 23.1. The zero-order valence-electron chi connectivity index (χ0n) is 38.4. The highest BCUT2D eigenvalue weighted by Crippen LogP contribution is 2.15. The number of hydrogen-bond acceptors (Lipinski definition) is 9. The minimum absolute atomic E-state index is 0.0619. The molecule has 0 aliphatic heterocycles. The first-order chi connectivity index (χ1) is 31.0. The zero-order chi connectivity index (χ0) is 48.1. The van der Waals surface area contributed by atoms with Gasteiger partial charge < -0.3 is 48.3 Å². The average Bonchev–Trinajstić information content (AvgIpc) is 3.26. The quantitative estimate of drug-likeness (QED) is 0.0462. The van der Waals surface area contributed by atoms with E-state index in [0.29, 0.717) is 19.3 Å². The second-order valence-corrected chi connectivity index (χ2v) is 16.9. The molecule has 65 heavy (non-hydrogen) atoms. The predicted molar refractivity (Wildman–Crippen MR) is 246 cm³/mol. The second kappa shape index (κ2) is 31.1. The Kier molecular flexibility index (Phi) is 26.5. The van der Waals surface area contributed by atoms with Crippen LogP contribution < -0.4 is 38.1 Å². The number of carboxylic acids is 1. The van der Waals surface area contributed by atoms with Crippen molar-refractivity contribution in [3.63, 3.8) is 0 Å². The van der Waals surface area contributed by atoms with Gasteiger partial charge in [-0.25, -0.2) is 4.79 Å². The van der Waals surface area contributed by atoms with Gasteiger partial charge in [-0.2, -0.15) is 0 Å². The third-order valence-electron chi connectivity index (χ3n) is 11.4. The van der Waals surface area contributed by atoms with Crippen molar-refractivity contribution >= 4 is 47.3 Å². The molecular weight excluding hydrogens is 835 g/mol. The topological polar surface area (TPSA) is 289 Å². The number of carbonyl (C=O) groups is 8. The van der Waals surface area contributed by atoms with Crippen molar-refractivity contribution in [3.05, 3.63) is 71.8 Å². The lowest BCUT2D eigenvalue weighted by molar-refractivity contribution is -0.142. The van der Waals surface area contributed by atoms with Gasteiger partial charge in [0.25, 0.3) is 0 Å². The molecule has 17 nitrogen and oxygen atoms in total. The van der Waals surface area contributed by atoms with Gasteiger partial charge in [0.1, 0.15) is 30.2 Å². The Morgan fingerprint density at radius 2 is 0.908 bits per heavy atom. The highest BCUT2D eigenvalue weighted by atomic mass is 16.4. The Hall–Kier alpha value is -5.84. The van der Waals surface area contributed by atoms with Crippen LogP contribution in [0.1, 0.15) is 135 Å². The predicted octanol–water partition coefficient (Wildman–Crippen LogP) is 3.23. The van der Waals surface area contributed by atoms with E-state index in [1.807, 2.05) is 37.3 Å². The number of carbonyl (C=O) groups excluding carboxylic acids is 7. The lowest BCUT2D eigenvalue weighted by Gasteiger charge is -2.28. The van der Waals surface area contributed by atoms with Crippen LogP contribution in [-0.4, -0.2) is 93.8 Å². The summed E-state index contributed by atoms with van der Waals surface area (Å²) in [6, 6.07) is 12.1. The maximum Gasteiger partial charge on any atom is 0.326 e. The summed E-state index contributed by atoms with van der Waals surface area (Å²) in [6.07, 6.45) is 10.6. The number of unbranched alkanes of at least 4 members (excludes halogenated alkanes) is 11. The fourth-order valence-electron chi connectivity index (χ4n) is 7.25.